The second-order valence-corrected chi connectivity index (χ2v) is 5.00. The van der Waals surface area contributed by atoms with Crippen molar-refractivity contribution in [2.45, 2.75) is 12.8 Å². The average molecular weight is 276 g/mol. The smallest absolute Gasteiger partial charge is 0.271 e. The zero-order valence-electron chi connectivity index (χ0n) is 10.4. The Morgan fingerprint density at radius 2 is 1.79 bits per heavy atom. The molecule has 0 bridgehead atoms. The van der Waals surface area contributed by atoms with Crippen molar-refractivity contribution < 1.29 is 0 Å². The van der Waals surface area contributed by atoms with E-state index in [9.17, 15) is 4.79 Å². The van der Waals surface area contributed by atoms with Gasteiger partial charge >= 0.3 is 0 Å². The number of hydrogen-bond acceptors (Lipinski definition) is 3. The summed E-state index contributed by atoms with van der Waals surface area (Å²) >= 11 is 6.04. The van der Waals surface area contributed by atoms with Crippen molar-refractivity contribution in [3.8, 4) is 0 Å². The molecule has 3 rings (SSSR count). The van der Waals surface area contributed by atoms with E-state index < -0.39 is 0 Å². The van der Waals surface area contributed by atoms with Crippen molar-refractivity contribution in [2.75, 3.05) is 18.0 Å². The van der Waals surface area contributed by atoms with Gasteiger partial charge in [0.2, 0.25) is 0 Å². The van der Waals surface area contributed by atoms with E-state index in [1.165, 1.54) is 17.5 Å². The van der Waals surface area contributed by atoms with E-state index in [1.54, 1.807) is 0 Å². The van der Waals surface area contributed by atoms with Crippen LogP contribution >= 0.6 is 11.6 Å². The molecule has 0 fully saturated rings. The number of nitrogens with zero attached hydrogens (tertiary/aromatic N) is 2. The van der Waals surface area contributed by atoms with E-state index in [0.29, 0.717) is 5.82 Å². The largest absolute Gasteiger partial charge is 0.354 e. The maximum atomic E-state index is 11.5. The van der Waals surface area contributed by atoms with E-state index >= 15 is 0 Å². The molecule has 1 aliphatic rings. The summed E-state index contributed by atoms with van der Waals surface area (Å²) in [6, 6.07) is 8.44. The van der Waals surface area contributed by atoms with Gasteiger partial charge in [0.05, 0.1) is 6.33 Å². The van der Waals surface area contributed by atoms with Gasteiger partial charge in [-0.2, -0.15) is 0 Å². The Morgan fingerprint density at radius 3 is 2.42 bits per heavy atom. The lowest BCUT2D eigenvalue weighted by Crippen LogP contribution is -2.29. The van der Waals surface area contributed by atoms with Crippen molar-refractivity contribution in [3.63, 3.8) is 0 Å². The molecule has 19 heavy (non-hydrogen) atoms. The molecule has 0 aliphatic carbocycles. The van der Waals surface area contributed by atoms with Gasteiger partial charge in [-0.25, -0.2) is 4.98 Å². The van der Waals surface area contributed by atoms with Crippen LogP contribution in [0.2, 0.25) is 5.02 Å². The minimum atomic E-state index is -0.284. The highest BCUT2D eigenvalue weighted by Crippen LogP contribution is 2.22. The molecule has 0 saturated heterocycles. The maximum Gasteiger partial charge on any atom is 0.271 e. The molecule has 0 spiro atoms. The number of rotatable bonds is 1. The third-order valence-corrected chi connectivity index (χ3v) is 3.84. The summed E-state index contributed by atoms with van der Waals surface area (Å²) in [5.74, 6) is 0.582. The highest BCUT2D eigenvalue weighted by molar-refractivity contribution is 6.32. The lowest BCUT2D eigenvalue weighted by atomic mass is 10.0. The number of anilines is 1. The molecule has 2 heterocycles. The number of nitrogens with one attached hydrogen (secondary N) is 1. The summed E-state index contributed by atoms with van der Waals surface area (Å²) in [6.45, 7) is 1.65. The summed E-state index contributed by atoms with van der Waals surface area (Å²) in [5, 5.41) is 0.174. The molecular weight excluding hydrogens is 262 g/mol. The molecule has 5 heteroatoms. The molecule has 0 unspecified atom stereocenters. The van der Waals surface area contributed by atoms with Gasteiger partial charge in [-0.1, -0.05) is 35.9 Å². The van der Waals surface area contributed by atoms with Crippen LogP contribution in [0, 0.1) is 0 Å². The molecule has 0 atom stereocenters. The fraction of sp³-hybridized carbons (Fsp3) is 0.286. The summed E-state index contributed by atoms with van der Waals surface area (Å²) in [5.41, 5.74) is 2.45. The molecule has 1 N–H and O–H groups in total. The van der Waals surface area contributed by atoms with Gasteiger partial charge in [-0.15, -0.1) is 0 Å². The first-order valence-corrected chi connectivity index (χ1v) is 6.68. The average Bonchev–Trinajstić information content (AvgIpc) is 2.65. The number of fused-ring (bicyclic) bond motifs is 1. The number of halogens is 1. The third kappa shape index (κ3) is 2.36. The predicted octanol–water partition coefficient (Wildman–Crippen LogP) is 2.03. The second-order valence-electron chi connectivity index (χ2n) is 4.63. The van der Waals surface area contributed by atoms with Crippen molar-refractivity contribution in [2.24, 2.45) is 0 Å². The Morgan fingerprint density at radius 1 is 1.16 bits per heavy atom. The van der Waals surface area contributed by atoms with Crippen molar-refractivity contribution in [3.05, 3.63) is 57.1 Å². The Balaban J connectivity index is 1.90. The highest BCUT2D eigenvalue weighted by atomic mass is 35.5. The van der Waals surface area contributed by atoms with Crippen LogP contribution in [-0.4, -0.2) is 23.1 Å². The lowest BCUT2D eigenvalue weighted by molar-refractivity contribution is 0.786. The van der Waals surface area contributed by atoms with Crippen LogP contribution in [0.5, 0.6) is 0 Å². The van der Waals surface area contributed by atoms with Gasteiger partial charge in [0.15, 0.2) is 5.82 Å². The maximum absolute atomic E-state index is 11.5. The summed E-state index contributed by atoms with van der Waals surface area (Å²) in [4.78, 5) is 20.3. The first-order valence-electron chi connectivity index (χ1n) is 6.30. The molecule has 0 radical (unpaired) electrons. The Labute approximate surface area is 116 Å². The molecule has 2 aromatic rings. The molecular formula is C14H14ClN3O. The van der Waals surface area contributed by atoms with Gasteiger partial charge in [0.25, 0.3) is 5.56 Å². The van der Waals surface area contributed by atoms with Crippen molar-refractivity contribution in [1.29, 1.82) is 0 Å². The van der Waals surface area contributed by atoms with Crippen molar-refractivity contribution >= 4 is 17.4 Å². The number of benzene rings is 1. The van der Waals surface area contributed by atoms with E-state index in [-0.39, 0.29) is 10.6 Å². The van der Waals surface area contributed by atoms with E-state index in [1.807, 2.05) is 0 Å². The van der Waals surface area contributed by atoms with Gasteiger partial charge < -0.3 is 9.88 Å². The lowest BCUT2D eigenvalue weighted by Gasteiger charge is -2.21. The van der Waals surface area contributed by atoms with Crippen LogP contribution in [-0.2, 0) is 12.8 Å². The van der Waals surface area contributed by atoms with E-state index in [0.717, 1.165) is 25.9 Å². The molecule has 0 saturated carbocycles. The van der Waals surface area contributed by atoms with Gasteiger partial charge in [-0.05, 0) is 24.0 Å². The molecule has 1 aromatic heterocycles. The monoisotopic (exact) mass is 275 g/mol. The first-order chi connectivity index (χ1) is 9.25. The fourth-order valence-electron chi connectivity index (χ4n) is 2.47. The third-order valence-electron chi connectivity index (χ3n) is 3.50. The molecule has 1 aromatic carbocycles. The fourth-order valence-corrected chi connectivity index (χ4v) is 2.70. The first kappa shape index (κ1) is 12.2. The minimum absolute atomic E-state index is 0.174. The Hall–Kier alpha value is -1.81. The summed E-state index contributed by atoms with van der Waals surface area (Å²) in [6.07, 6.45) is 3.30. The summed E-state index contributed by atoms with van der Waals surface area (Å²) in [7, 11) is 0. The van der Waals surface area contributed by atoms with Gasteiger partial charge in [-0.3, -0.25) is 4.79 Å². The van der Waals surface area contributed by atoms with Crippen LogP contribution in [0.15, 0.2) is 35.4 Å². The quantitative estimate of drug-likeness (QED) is 0.866. The molecule has 4 nitrogen and oxygen atoms in total. The van der Waals surface area contributed by atoms with Crippen LogP contribution in [0.25, 0.3) is 0 Å². The van der Waals surface area contributed by atoms with E-state index in [4.69, 9.17) is 11.6 Å². The normalized spacial score (nSPS) is 14.9. The van der Waals surface area contributed by atoms with Gasteiger partial charge in [0, 0.05) is 13.1 Å². The predicted molar refractivity (Wildman–Crippen MR) is 75.9 cm³/mol. The van der Waals surface area contributed by atoms with Crippen LogP contribution in [0.1, 0.15) is 11.1 Å². The zero-order valence-corrected chi connectivity index (χ0v) is 11.2. The number of H-pyrrole nitrogens is 1. The summed E-state index contributed by atoms with van der Waals surface area (Å²) < 4.78 is 0. The topological polar surface area (TPSA) is 49.0 Å². The minimum Gasteiger partial charge on any atom is -0.354 e. The van der Waals surface area contributed by atoms with Crippen LogP contribution in [0.4, 0.5) is 5.82 Å². The number of aromatic nitrogens is 2. The van der Waals surface area contributed by atoms with Crippen LogP contribution < -0.4 is 10.5 Å². The highest BCUT2D eigenvalue weighted by Gasteiger charge is 2.18. The standard InChI is InChI=1S/C14H14ClN3O/c15-12-13(16-9-17-14(12)19)18-7-5-10-3-1-2-4-11(10)6-8-18/h1-4,9H,5-8H2,(H,16,17,19). The van der Waals surface area contributed by atoms with Gasteiger partial charge in [0.1, 0.15) is 5.02 Å². The van der Waals surface area contributed by atoms with Crippen molar-refractivity contribution in [1.82, 2.24) is 9.97 Å². The Bertz CT molecular complexity index is 626. The molecule has 1 aliphatic heterocycles. The molecule has 0 amide bonds. The second kappa shape index (κ2) is 5.05. The Kier molecular flexibility index (Phi) is 3.25. The van der Waals surface area contributed by atoms with E-state index in [2.05, 4.69) is 39.1 Å². The molecule has 98 valence electrons. The zero-order chi connectivity index (χ0) is 13.2. The number of hydrogen-bond donors (Lipinski definition) is 1. The number of aromatic amines is 1. The van der Waals surface area contributed by atoms with Crippen LogP contribution in [0.3, 0.4) is 0 Å². The SMILES string of the molecule is O=c1[nH]cnc(N2CCc3ccccc3CC2)c1Cl.